The van der Waals surface area contributed by atoms with Crippen molar-refractivity contribution in [3.63, 3.8) is 0 Å². The first-order valence-electron chi connectivity index (χ1n) is 8.18. The maximum atomic E-state index is 11.7. The summed E-state index contributed by atoms with van der Waals surface area (Å²) in [7, 11) is 0. The first kappa shape index (κ1) is 21.1. The van der Waals surface area contributed by atoms with Gasteiger partial charge in [-0.1, -0.05) is 82.6 Å². The second-order valence-electron chi connectivity index (χ2n) is 8.37. The van der Waals surface area contributed by atoms with Crippen molar-refractivity contribution in [2.45, 2.75) is 63.4 Å². The number of nitrogens with zero attached hydrogens (tertiary/aromatic N) is 3. The van der Waals surface area contributed by atoms with Crippen molar-refractivity contribution in [1.29, 1.82) is 0 Å². The molecule has 0 atom stereocenters. The van der Waals surface area contributed by atoms with Crippen molar-refractivity contribution < 1.29 is 4.92 Å². The molecule has 0 bridgehead atoms. The third-order valence-corrected chi connectivity index (χ3v) is 5.59. The lowest BCUT2D eigenvalue weighted by Crippen LogP contribution is -2.24. The van der Waals surface area contributed by atoms with Crippen LogP contribution in [0.1, 0.15) is 47.4 Å². The molecule has 1 aromatic heterocycles. The SMILES string of the molecule is CC(C)(C)Cn1c(C(C)(C)C)nc([N+](=O)[O-])c1Sc1c(Cl)cccc1Cl. The van der Waals surface area contributed by atoms with Crippen LogP contribution in [0.5, 0.6) is 0 Å². The molecule has 5 nitrogen and oxygen atoms in total. The number of nitro groups is 1. The maximum absolute atomic E-state index is 11.7. The van der Waals surface area contributed by atoms with Gasteiger partial charge in [0.25, 0.3) is 0 Å². The van der Waals surface area contributed by atoms with Gasteiger partial charge < -0.3 is 10.1 Å². The fourth-order valence-corrected chi connectivity index (χ4v) is 4.14. The fraction of sp³-hybridized carbons (Fsp3) is 0.500. The minimum Gasteiger partial charge on any atom is -0.358 e. The summed E-state index contributed by atoms with van der Waals surface area (Å²) in [4.78, 5) is 16.2. The Morgan fingerprint density at radius 3 is 2.12 bits per heavy atom. The molecule has 0 aliphatic carbocycles. The summed E-state index contributed by atoms with van der Waals surface area (Å²) in [5.41, 5.74) is -0.437. The van der Waals surface area contributed by atoms with Crippen LogP contribution < -0.4 is 0 Å². The van der Waals surface area contributed by atoms with E-state index in [1.807, 2.05) is 25.3 Å². The van der Waals surface area contributed by atoms with Crippen LogP contribution in [0.2, 0.25) is 10.0 Å². The number of aromatic nitrogens is 2. The van der Waals surface area contributed by atoms with Gasteiger partial charge in [0.2, 0.25) is 5.82 Å². The quantitative estimate of drug-likeness (QED) is 0.417. The van der Waals surface area contributed by atoms with E-state index in [-0.39, 0.29) is 16.6 Å². The maximum Gasteiger partial charge on any atom is 0.396 e. The molecular weight excluding hydrogens is 393 g/mol. The lowest BCUT2D eigenvalue weighted by Gasteiger charge is -2.24. The highest BCUT2D eigenvalue weighted by atomic mass is 35.5. The molecule has 0 fully saturated rings. The predicted octanol–water partition coefficient (Wildman–Crippen LogP) is 6.59. The van der Waals surface area contributed by atoms with Crippen LogP contribution in [0.3, 0.4) is 0 Å². The lowest BCUT2D eigenvalue weighted by atomic mass is 9.93. The van der Waals surface area contributed by atoms with E-state index in [4.69, 9.17) is 23.2 Å². The van der Waals surface area contributed by atoms with E-state index in [1.54, 1.807) is 18.2 Å². The summed E-state index contributed by atoms with van der Waals surface area (Å²) in [6, 6.07) is 5.18. The summed E-state index contributed by atoms with van der Waals surface area (Å²) >= 11 is 13.8. The number of halogens is 2. The van der Waals surface area contributed by atoms with E-state index in [1.165, 1.54) is 11.8 Å². The molecule has 8 heteroatoms. The third kappa shape index (κ3) is 4.72. The number of imidazole rings is 1. The molecule has 2 rings (SSSR count). The van der Waals surface area contributed by atoms with Crippen LogP contribution in [-0.4, -0.2) is 14.5 Å². The molecule has 142 valence electrons. The van der Waals surface area contributed by atoms with Crippen LogP contribution in [0.25, 0.3) is 0 Å². The zero-order valence-electron chi connectivity index (χ0n) is 15.8. The van der Waals surface area contributed by atoms with Gasteiger partial charge >= 0.3 is 5.82 Å². The average Bonchev–Trinajstić information content (AvgIpc) is 2.79. The van der Waals surface area contributed by atoms with Gasteiger partial charge in [0.15, 0.2) is 5.03 Å². The Morgan fingerprint density at radius 2 is 1.69 bits per heavy atom. The van der Waals surface area contributed by atoms with Gasteiger partial charge in [0.05, 0.1) is 14.9 Å². The highest BCUT2D eigenvalue weighted by molar-refractivity contribution is 7.99. The minimum absolute atomic E-state index is 0.0891. The molecular formula is C18H23Cl2N3O2S. The van der Waals surface area contributed by atoms with Crippen molar-refractivity contribution in [3.05, 3.63) is 44.2 Å². The molecule has 0 saturated carbocycles. The largest absolute Gasteiger partial charge is 0.396 e. The molecule has 0 aliphatic rings. The molecule has 0 saturated heterocycles. The number of hydrogen-bond acceptors (Lipinski definition) is 4. The Bertz CT molecular complexity index is 816. The Balaban J connectivity index is 2.72. The van der Waals surface area contributed by atoms with E-state index >= 15 is 0 Å². The Kier molecular flexibility index (Phi) is 6.00. The van der Waals surface area contributed by atoms with Gasteiger partial charge in [-0.3, -0.25) is 4.57 Å². The van der Waals surface area contributed by atoms with Crippen molar-refractivity contribution in [2.24, 2.45) is 5.41 Å². The molecule has 0 N–H and O–H groups in total. The Hall–Kier alpha value is -1.24. The second kappa shape index (κ2) is 7.41. The molecule has 0 aliphatic heterocycles. The van der Waals surface area contributed by atoms with Gasteiger partial charge in [-0.25, -0.2) is 0 Å². The number of hydrogen-bond donors (Lipinski definition) is 0. The van der Waals surface area contributed by atoms with Crippen LogP contribution in [0, 0.1) is 15.5 Å². The third-order valence-electron chi connectivity index (χ3n) is 3.50. The first-order chi connectivity index (χ1) is 11.8. The molecule has 1 aromatic carbocycles. The molecule has 0 amide bonds. The topological polar surface area (TPSA) is 61.0 Å². The van der Waals surface area contributed by atoms with Gasteiger partial charge in [-0.2, -0.15) is 0 Å². The highest BCUT2D eigenvalue weighted by Gasteiger charge is 2.36. The Morgan fingerprint density at radius 1 is 1.15 bits per heavy atom. The summed E-state index contributed by atoms with van der Waals surface area (Å²) in [6.07, 6.45) is 0. The van der Waals surface area contributed by atoms with E-state index in [9.17, 15) is 10.1 Å². The highest BCUT2D eigenvalue weighted by Crippen LogP contribution is 2.44. The molecule has 26 heavy (non-hydrogen) atoms. The summed E-state index contributed by atoms with van der Waals surface area (Å²) in [6.45, 7) is 12.8. The number of rotatable bonds is 4. The Labute approximate surface area is 168 Å². The molecule has 0 unspecified atom stereocenters. The zero-order valence-corrected chi connectivity index (χ0v) is 18.1. The number of benzene rings is 1. The van der Waals surface area contributed by atoms with E-state index in [0.717, 1.165) is 0 Å². The van der Waals surface area contributed by atoms with Crippen LogP contribution >= 0.6 is 35.0 Å². The van der Waals surface area contributed by atoms with E-state index < -0.39 is 4.92 Å². The summed E-state index contributed by atoms with van der Waals surface area (Å²) in [5, 5.41) is 13.1. The average molecular weight is 416 g/mol. The van der Waals surface area contributed by atoms with Crippen LogP contribution in [-0.2, 0) is 12.0 Å². The van der Waals surface area contributed by atoms with Crippen molar-refractivity contribution >= 4 is 40.8 Å². The van der Waals surface area contributed by atoms with E-state index in [2.05, 4.69) is 25.8 Å². The minimum atomic E-state index is -0.443. The first-order valence-corrected chi connectivity index (χ1v) is 9.76. The summed E-state index contributed by atoms with van der Waals surface area (Å²) < 4.78 is 1.93. The van der Waals surface area contributed by atoms with Gasteiger partial charge in [0, 0.05) is 12.0 Å². The van der Waals surface area contributed by atoms with Crippen molar-refractivity contribution in [1.82, 2.24) is 9.55 Å². The van der Waals surface area contributed by atoms with Gasteiger partial charge in [0.1, 0.15) is 0 Å². The normalized spacial score (nSPS) is 12.5. The molecule has 2 aromatic rings. The zero-order chi connectivity index (χ0) is 19.9. The fourth-order valence-electron chi connectivity index (χ4n) is 2.52. The molecule has 1 heterocycles. The van der Waals surface area contributed by atoms with E-state index in [0.29, 0.717) is 32.3 Å². The van der Waals surface area contributed by atoms with Crippen LogP contribution in [0.4, 0.5) is 5.82 Å². The second-order valence-corrected chi connectivity index (χ2v) is 10.2. The predicted molar refractivity (Wildman–Crippen MR) is 108 cm³/mol. The monoisotopic (exact) mass is 415 g/mol. The van der Waals surface area contributed by atoms with Gasteiger partial charge in [-0.05, 0) is 27.5 Å². The standard InChI is InChI=1S/C18H23Cl2N3O2S/c1-17(2,3)10-22-15(26-13-11(19)8-7-9-12(13)20)14(23(24)25)21-16(22)18(4,5)6/h7-9H,10H2,1-6H3. The molecule has 0 radical (unpaired) electrons. The smallest absolute Gasteiger partial charge is 0.358 e. The summed E-state index contributed by atoms with van der Waals surface area (Å²) in [5.74, 6) is 0.505. The van der Waals surface area contributed by atoms with Crippen molar-refractivity contribution in [3.8, 4) is 0 Å². The lowest BCUT2D eigenvalue weighted by molar-refractivity contribution is -0.392. The van der Waals surface area contributed by atoms with Crippen molar-refractivity contribution in [2.75, 3.05) is 0 Å². The molecule has 0 spiro atoms. The van der Waals surface area contributed by atoms with Crippen LogP contribution in [0.15, 0.2) is 28.1 Å². The van der Waals surface area contributed by atoms with Gasteiger partial charge in [-0.15, -0.1) is 0 Å².